The lowest BCUT2D eigenvalue weighted by molar-refractivity contribution is 0.0923. The number of aryl methyl sites for hydroxylation is 1. The third kappa shape index (κ3) is 3.23. The maximum absolute atomic E-state index is 11.9. The third-order valence-electron chi connectivity index (χ3n) is 2.91. The second-order valence-corrected chi connectivity index (χ2v) is 5.35. The summed E-state index contributed by atoms with van der Waals surface area (Å²) < 4.78 is 0. The summed E-state index contributed by atoms with van der Waals surface area (Å²) in [4.78, 5) is 11.9. The van der Waals surface area contributed by atoms with Gasteiger partial charge in [-0.05, 0) is 31.6 Å². The lowest BCUT2D eigenvalue weighted by Crippen LogP contribution is -2.37. The van der Waals surface area contributed by atoms with E-state index in [0.717, 1.165) is 24.3 Å². The Morgan fingerprint density at radius 1 is 1.59 bits per heavy atom. The highest BCUT2D eigenvalue weighted by Crippen LogP contribution is 2.34. The average Bonchev–Trinajstić information content (AvgIpc) is 3.06. The van der Waals surface area contributed by atoms with Gasteiger partial charge in [-0.2, -0.15) is 0 Å². The fourth-order valence-electron chi connectivity index (χ4n) is 1.78. The molecule has 1 aliphatic rings. The highest BCUT2D eigenvalue weighted by molar-refractivity contribution is 7.13. The van der Waals surface area contributed by atoms with Crippen molar-refractivity contribution in [3.05, 3.63) is 10.0 Å². The SMILES string of the molecule is CCc1nnc(C(=O)NC(CCO)C2CC2)s1. The minimum absolute atomic E-state index is 0.0847. The third-order valence-corrected chi connectivity index (χ3v) is 3.98. The van der Waals surface area contributed by atoms with Gasteiger partial charge in [0, 0.05) is 12.6 Å². The zero-order valence-electron chi connectivity index (χ0n) is 9.85. The fourth-order valence-corrected chi connectivity index (χ4v) is 2.46. The van der Waals surface area contributed by atoms with Crippen LogP contribution in [-0.2, 0) is 6.42 Å². The summed E-state index contributed by atoms with van der Waals surface area (Å²) in [6.07, 6.45) is 3.70. The Kier molecular flexibility index (Phi) is 4.06. The Morgan fingerprint density at radius 3 is 2.88 bits per heavy atom. The molecule has 1 unspecified atom stereocenters. The number of hydrogen-bond acceptors (Lipinski definition) is 5. The van der Waals surface area contributed by atoms with E-state index in [9.17, 15) is 4.79 Å². The summed E-state index contributed by atoms with van der Waals surface area (Å²) >= 11 is 1.34. The number of aliphatic hydroxyl groups excluding tert-OH is 1. The lowest BCUT2D eigenvalue weighted by atomic mass is 10.1. The van der Waals surface area contributed by atoms with Crippen molar-refractivity contribution in [2.24, 2.45) is 5.92 Å². The molecule has 0 bridgehead atoms. The number of carbonyl (C=O) groups is 1. The van der Waals surface area contributed by atoms with Gasteiger partial charge in [0.05, 0.1) is 0 Å². The van der Waals surface area contributed by atoms with Gasteiger partial charge in [-0.3, -0.25) is 4.79 Å². The highest BCUT2D eigenvalue weighted by Gasteiger charge is 2.32. The van der Waals surface area contributed by atoms with Crippen LogP contribution in [0.15, 0.2) is 0 Å². The van der Waals surface area contributed by atoms with Crippen molar-refractivity contribution in [1.82, 2.24) is 15.5 Å². The molecule has 2 N–H and O–H groups in total. The molecule has 0 radical (unpaired) electrons. The summed E-state index contributed by atoms with van der Waals surface area (Å²) in [5.41, 5.74) is 0. The van der Waals surface area contributed by atoms with Crippen LogP contribution in [0.5, 0.6) is 0 Å². The molecule has 1 heterocycles. The van der Waals surface area contributed by atoms with Crippen LogP contribution in [0.3, 0.4) is 0 Å². The Bertz CT molecular complexity index is 390. The normalized spacial score (nSPS) is 16.8. The number of nitrogens with one attached hydrogen (secondary N) is 1. The standard InChI is InChI=1S/C11H17N3O2S/c1-2-9-13-14-11(17-9)10(16)12-8(5-6-15)7-3-4-7/h7-8,15H,2-6H2,1H3,(H,12,16). The Labute approximate surface area is 104 Å². The molecule has 0 spiro atoms. The van der Waals surface area contributed by atoms with Gasteiger partial charge < -0.3 is 10.4 Å². The van der Waals surface area contributed by atoms with E-state index in [4.69, 9.17) is 5.11 Å². The fraction of sp³-hybridized carbons (Fsp3) is 0.727. The second kappa shape index (κ2) is 5.55. The van der Waals surface area contributed by atoms with Crippen molar-refractivity contribution >= 4 is 17.2 Å². The van der Waals surface area contributed by atoms with Gasteiger partial charge in [0.1, 0.15) is 5.01 Å². The van der Waals surface area contributed by atoms with Crippen molar-refractivity contribution in [3.63, 3.8) is 0 Å². The van der Waals surface area contributed by atoms with Crippen LogP contribution in [0.2, 0.25) is 0 Å². The van der Waals surface area contributed by atoms with Crippen LogP contribution in [-0.4, -0.2) is 33.9 Å². The van der Waals surface area contributed by atoms with Crippen LogP contribution in [0.4, 0.5) is 0 Å². The molecule has 2 rings (SSSR count). The monoisotopic (exact) mass is 255 g/mol. The summed E-state index contributed by atoms with van der Waals surface area (Å²) in [7, 11) is 0. The largest absolute Gasteiger partial charge is 0.396 e. The van der Waals surface area contributed by atoms with Gasteiger partial charge in [0.15, 0.2) is 0 Å². The van der Waals surface area contributed by atoms with Gasteiger partial charge in [0.25, 0.3) is 5.91 Å². The van der Waals surface area contributed by atoms with E-state index in [1.165, 1.54) is 11.3 Å². The molecule has 17 heavy (non-hydrogen) atoms. The first-order valence-electron chi connectivity index (χ1n) is 5.98. The topological polar surface area (TPSA) is 75.1 Å². The number of hydrogen-bond donors (Lipinski definition) is 2. The summed E-state index contributed by atoms with van der Waals surface area (Å²) in [5.74, 6) is 0.372. The Balaban J connectivity index is 1.94. The van der Waals surface area contributed by atoms with Crippen LogP contribution < -0.4 is 5.32 Å². The highest BCUT2D eigenvalue weighted by atomic mass is 32.1. The molecule has 1 fully saturated rings. The molecule has 0 saturated heterocycles. The Morgan fingerprint density at radius 2 is 2.35 bits per heavy atom. The Hall–Kier alpha value is -1.01. The van der Waals surface area contributed by atoms with Crippen molar-refractivity contribution < 1.29 is 9.90 Å². The van der Waals surface area contributed by atoms with E-state index >= 15 is 0 Å². The number of aliphatic hydroxyl groups is 1. The maximum Gasteiger partial charge on any atom is 0.282 e. The van der Waals surface area contributed by atoms with Gasteiger partial charge >= 0.3 is 0 Å². The quantitative estimate of drug-likeness (QED) is 0.795. The van der Waals surface area contributed by atoms with E-state index in [0.29, 0.717) is 17.3 Å². The molecule has 1 amide bonds. The van der Waals surface area contributed by atoms with E-state index in [2.05, 4.69) is 15.5 Å². The molecule has 0 aliphatic heterocycles. The number of rotatable bonds is 6. The predicted octanol–water partition coefficient (Wildman–Crippen LogP) is 0.991. The molecule has 1 atom stereocenters. The van der Waals surface area contributed by atoms with Crippen molar-refractivity contribution in [2.75, 3.05) is 6.61 Å². The first kappa shape index (κ1) is 12.4. The van der Waals surface area contributed by atoms with Crippen LogP contribution in [0.25, 0.3) is 0 Å². The second-order valence-electron chi connectivity index (χ2n) is 4.28. The van der Waals surface area contributed by atoms with Gasteiger partial charge in [-0.15, -0.1) is 10.2 Å². The first-order chi connectivity index (χ1) is 8.24. The minimum Gasteiger partial charge on any atom is -0.396 e. The lowest BCUT2D eigenvalue weighted by Gasteiger charge is -2.15. The molecule has 1 saturated carbocycles. The number of amides is 1. The van der Waals surface area contributed by atoms with E-state index in [1.807, 2.05) is 6.92 Å². The maximum atomic E-state index is 11.9. The molecule has 1 aromatic rings. The van der Waals surface area contributed by atoms with Crippen molar-refractivity contribution in [2.45, 2.75) is 38.6 Å². The molecular weight excluding hydrogens is 238 g/mol. The number of aromatic nitrogens is 2. The first-order valence-corrected chi connectivity index (χ1v) is 6.80. The molecule has 5 nitrogen and oxygen atoms in total. The molecule has 1 aliphatic carbocycles. The van der Waals surface area contributed by atoms with Crippen molar-refractivity contribution in [1.29, 1.82) is 0 Å². The number of nitrogens with zero attached hydrogens (tertiary/aromatic N) is 2. The molecular formula is C11H17N3O2S. The molecule has 6 heteroatoms. The zero-order chi connectivity index (χ0) is 12.3. The summed E-state index contributed by atoms with van der Waals surface area (Å²) in [6, 6.07) is 0.0847. The van der Waals surface area contributed by atoms with Gasteiger partial charge in [-0.25, -0.2) is 0 Å². The van der Waals surface area contributed by atoms with Gasteiger partial charge in [-0.1, -0.05) is 18.3 Å². The van der Waals surface area contributed by atoms with E-state index < -0.39 is 0 Å². The van der Waals surface area contributed by atoms with E-state index in [-0.39, 0.29) is 18.6 Å². The average molecular weight is 255 g/mol. The van der Waals surface area contributed by atoms with Crippen LogP contribution >= 0.6 is 11.3 Å². The predicted molar refractivity (Wildman–Crippen MR) is 65.0 cm³/mol. The summed E-state index contributed by atoms with van der Waals surface area (Å²) in [6.45, 7) is 2.10. The minimum atomic E-state index is -0.160. The van der Waals surface area contributed by atoms with Crippen LogP contribution in [0.1, 0.15) is 41.0 Å². The smallest absolute Gasteiger partial charge is 0.282 e. The molecule has 1 aromatic heterocycles. The molecule has 0 aromatic carbocycles. The molecule has 94 valence electrons. The number of carbonyl (C=O) groups excluding carboxylic acids is 1. The van der Waals surface area contributed by atoms with Gasteiger partial charge in [0.2, 0.25) is 5.01 Å². The van der Waals surface area contributed by atoms with Crippen LogP contribution in [0, 0.1) is 5.92 Å². The zero-order valence-corrected chi connectivity index (χ0v) is 10.7. The summed E-state index contributed by atoms with van der Waals surface area (Å²) in [5, 5.41) is 21.0. The van der Waals surface area contributed by atoms with Crippen molar-refractivity contribution in [3.8, 4) is 0 Å². The van der Waals surface area contributed by atoms with E-state index in [1.54, 1.807) is 0 Å².